The third-order valence-corrected chi connectivity index (χ3v) is 3.22. The smallest absolute Gasteiger partial charge is 0.150 e. The van der Waals surface area contributed by atoms with Gasteiger partial charge in [-0.25, -0.2) is 0 Å². The number of thiophene rings is 1. The fraction of sp³-hybridized carbons (Fsp3) is 0.556. The van der Waals surface area contributed by atoms with Gasteiger partial charge in [-0.1, -0.05) is 11.6 Å². The van der Waals surface area contributed by atoms with Gasteiger partial charge in [-0.15, -0.1) is 11.3 Å². The van der Waals surface area contributed by atoms with Gasteiger partial charge < -0.3 is 9.47 Å². The molecule has 0 aromatic carbocycles. The van der Waals surface area contributed by atoms with Crippen LogP contribution in [0.1, 0.15) is 0 Å². The molecule has 0 saturated carbocycles. The largest absolute Gasteiger partial charge is 0.476 e. The minimum Gasteiger partial charge on any atom is -0.476 e. The average Bonchev–Trinajstić information content (AvgIpc) is 2.63. The zero-order valence-electron chi connectivity index (χ0n) is 7.74. The first-order chi connectivity index (χ1) is 6.86. The van der Waals surface area contributed by atoms with Crippen LogP contribution >= 0.6 is 22.9 Å². The van der Waals surface area contributed by atoms with Gasteiger partial charge in [-0.05, 0) is 11.4 Å². The molecule has 0 N–H and O–H groups in total. The standard InChI is InChI=1S/C9H12ClNO2S/c10-9-8(1-6-14-9)13-7-11-2-4-12-5-3-11/h1,6H,2-5,7H2. The molecule has 3 nitrogen and oxygen atoms in total. The highest BCUT2D eigenvalue weighted by Crippen LogP contribution is 2.29. The predicted octanol–water partition coefficient (Wildman–Crippen LogP) is 2.07. The van der Waals surface area contributed by atoms with Crippen LogP contribution in [0.2, 0.25) is 4.34 Å². The highest BCUT2D eigenvalue weighted by molar-refractivity contribution is 7.14. The van der Waals surface area contributed by atoms with E-state index in [0.717, 1.165) is 36.4 Å². The van der Waals surface area contributed by atoms with E-state index in [9.17, 15) is 0 Å². The predicted molar refractivity (Wildman–Crippen MR) is 57.2 cm³/mol. The molecule has 1 aliphatic heterocycles. The minimum absolute atomic E-state index is 0.597. The van der Waals surface area contributed by atoms with Crippen molar-refractivity contribution in [2.24, 2.45) is 0 Å². The highest BCUT2D eigenvalue weighted by Gasteiger charge is 2.11. The third-order valence-electron chi connectivity index (χ3n) is 2.09. The Morgan fingerprint density at radius 3 is 2.93 bits per heavy atom. The number of halogens is 1. The molecule has 14 heavy (non-hydrogen) atoms. The summed E-state index contributed by atoms with van der Waals surface area (Å²) in [6, 6.07) is 1.90. The summed E-state index contributed by atoms with van der Waals surface area (Å²) in [6.45, 7) is 4.05. The van der Waals surface area contributed by atoms with Crippen molar-refractivity contribution in [2.45, 2.75) is 0 Å². The fourth-order valence-corrected chi connectivity index (χ4v) is 2.10. The zero-order valence-corrected chi connectivity index (χ0v) is 9.31. The number of hydrogen-bond donors (Lipinski definition) is 0. The summed E-state index contributed by atoms with van der Waals surface area (Å²) in [7, 11) is 0. The number of morpholine rings is 1. The lowest BCUT2D eigenvalue weighted by Crippen LogP contribution is -2.38. The van der Waals surface area contributed by atoms with Crippen LogP contribution in [0.15, 0.2) is 11.4 Å². The zero-order chi connectivity index (χ0) is 9.80. The number of ether oxygens (including phenoxy) is 2. The van der Waals surface area contributed by atoms with Crippen molar-refractivity contribution in [3.63, 3.8) is 0 Å². The van der Waals surface area contributed by atoms with Crippen molar-refractivity contribution in [1.29, 1.82) is 0 Å². The van der Waals surface area contributed by atoms with Crippen molar-refractivity contribution in [1.82, 2.24) is 4.90 Å². The summed E-state index contributed by atoms with van der Waals surface area (Å²) in [5.74, 6) is 0.781. The SMILES string of the molecule is Clc1sccc1OCN1CCOCC1. The van der Waals surface area contributed by atoms with E-state index in [1.54, 1.807) is 0 Å². The Bertz CT molecular complexity index is 286. The Hall–Kier alpha value is -0.290. The van der Waals surface area contributed by atoms with Crippen molar-refractivity contribution < 1.29 is 9.47 Å². The quantitative estimate of drug-likeness (QED) is 0.798. The Kier molecular flexibility index (Phi) is 3.64. The van der Waals surface area contributed by atoms with E-state index in [0.29, 0.717) is 6.73 Å². The van der Waals surface area contributed by atoms with E-state index >= 15 is 0 Å². The Labute approximate surface area is 92.2 Å². The van der Waals surface area contributed by atoms with Crippen LogP contribution < -0.4 is 4.74 Å². The van der Waals surface area contributed by atoms with E-state index in [1.807, 2.05) is 11.4 Å². The normalized spacial score (nSPS) is 18.4. The molecule has 0 bridgehead atoms. The molecule has 5 heteroatoms. The summed E-state index contributed by atoms with van der Waals surface area (Å²) >= 11 is 7.40. The first-order valence-electron chi connectivity index (χ1n) is 4.52. The second kappa shape index (κ2) is 4.98. The van der Waals surface area contributed by atoms with Crippen LogP contribution in [-0.2, 0) is 4.74 Å². The molecule has 78 valence electrons. The van der Waals surface area contributed by atoms with Crippen LogP contribution in [-0.4, -0.2) is 37.9 Å². The van der Waals surface area contributed by atoms with Crippen LogP contribution in [0.25, 0.3) is 0 Å². The van der Waals surface area contributed by atoms with Gasteiger partial charge in [0.15, 0.2) is 5.75 Å². The average molecular weight is 234 g/mol. The molecule has 1 aliphatic rings. The molecule has 0 atom stereocenters. The third kappa shape index (κ3) is 2.60. The van der Waals surface area contributed by atoms with E-state index in [2.05, 4.69) is 4.90 Å². The van der Waals surface area contributed by atoms with Gasteiger partial charge >= 0.3 is 0 Å². The highest BCUT2D eigenvalue weighted by atomic mass is 35.5. The monoisotopic (exact) mass is 233 g/mol. The van der Waals surface area contributed by atoms with E-state index in [1.165, 1.54) is 11.3 Å². The molecule has 1 saturated heterocycles. The van der Waals surface area contributed by atoms with Gasteiger partial charge in [-0.2, -0.15) is 0 Å². The van der Waals surface area contributed by atoms with E-state index < -0.39 is 0 Å². The molecule has 1 fully saturated rings. The molecule has 2 rings (SSSR count). The van der Waals surface area contributed by atoms with Crippen molar-refractivity contribution in [3.05, 3.63) is 15.8 Å². The van der Waals surface area contributed by atoms with Crippen molar-refractivity contribution in [3.8, 4) is 5.75 Å². The molecular formula is C9H12ClNO2S. The Morgan fingerprint density at radius 1 is 1.50 bits per heavy atom. The van der Waals surface area contributed by atoms with Crippen molar-refractivity contribution in [2.75, 3.05) is 33.0 Å². The molecule has 0 radical (unpaired) electrons. The lowest BCUT2D eigenvalue weighted by molar-refractivity contribution is 0.00420. The van der Waals surface area contributed by atoms with Crippen LogP contribution in [0, 0.1) is 0 Å². The van der Waals surface area contributed by atoms with Gasteiger partial charge in [0.1, 0.15) is 11.1 Å². The summed E-state index contributed by atoms with van der Waals surface area (Å²) < 4.78 is 11.5. The molecule has 0 unspecified atom stereocenters. The lowest BCUT2D eigenvalue weighted by atomic mass is 10.5. The summed E-state index contributed by atoms with van der Waals surface area (Å²) in [6.07, 6.45) is 0. The van der Waals surface area contributed by atoms with E-state index in [4.69, 9.17) is 21.1 Å². The molecule has 0 amide bonds. The van der Waals surface area contributed by atoms with Gasteiger partial charge in [0.2, 0.25) is 0 Å². The maximum Gasteiger partial charge on any atom is 0.150 e. The minimum atomic E-state index is 0.597. The van der Waals surface area contributed by atoms with Crippen LogP contribution in [0.4, 0.5) is 0 Å². The number of hydrogen-bond acceptors (Lipinski definition) is 4. The summed E-state index contributed by atoms with van der Waals surface area (Å²) in [5, 5.41) is 1.93. The van der Waals surface area contributed by atoms with Gasteiger partial charge in [0, 0.05) is 13.1 Å². The molecule has 2 heterocycles. The summed E-state index contributed by atoms with van der Waals surface area (Å²) in [5.41, 5.74) is 0. The molecule has 1 aromatic rings. The molecular weight excluding hydrogens is 222 g/mol. The maximum absolute atomic E-state index is 5.91. The first-order valence-corrected chi connectivity index (χ1v) is 5.78. The van der Waals surface area contributed by atoms with Gasteiger partial charge in [0.25, 0.3) is 0 Å². The lowest BCUT2D eigenvalue weighted by Gasteiger charge is -2.26. The van der Waals surface area contributed by atoms with Gasteiger partial charge in [-0.3, -0.25) is 4.90 Å². The molecule has 1 aromatic heterocycles. The molecule has 0 spiro atoms. The second-order valence-electron chi connectivity index (χ2n) is 3.06. The topological polar surface area (TPSA) is 21.7 Å². The van der Waals surface area contributed by atoms with E-state index in [-0.39, 0.29) is 0 Å². The van der Waals surface area contributed by atoms with Crippen molar-refractivity contribution >= 4 is 22.9 Å². The summed E-state index contributed by atoms with van der Waals surface area (Å²) in [4.78, 5) is 2.21. The number of nitrogens with zero attached hydrogens (tertiary/aromatic N) is 1. The van der Waals surface area contributed by atoms with Crippen LogP contribution in [0.3, 0.4) is 0 Å². The first kappa shape index (κ1) is 10.2. The van der Waals surface area contributed by atoms with Gasteiger partial charge in [0.05, 0.1) is 13.2 Å². The Morgan fingerprint density at radius 2 is 2.29 bits per heavy atom. The molecule has 0 aliphatic carbocycles. The fourth-order valence-electron chi connectivity index (χ4n) is 1.28. The maximum atomic E-state index is 5.91. The second-order valence-corrected chi connectivity index (χ2v) is 4.58. The Balaban J connectivity index is 1.79. The van der Waals surface area contributed by atoms with Crippen LogP contribution in [0.5, 0.6) is 5.75 Å². The number of rotatable bonds is 3.